The Morgan fingerprint density at radius 1 is 0.810 bits per heavy atom. The van der Waals surface area contributed by atoms with Gasteiger partial charge in [-0.3, -0.25) is 4.79 Å². The molecule has 0 atom stereocenters. The second kappa shape index (κ2) is 6.08. The molecule has 0 saturated carbocycles. The molecule has 0 bridgehead atoms. The van der Waals surface area contributed by atoms with Gasteiger partial charge in [0.2, 0.25) is 0 Å². The summed E-state index contributed by atoms with van der Waals surface area (Å²) in [7, 11) is 0. The molecule has 0 spiro atoms. The molecule has 3 rings (SSSR count). The van der Waals surface area contributed by atoms with E-state index in [1.165, 1.54) is 0 Å². The van der Waals surface area contributed by atoms with Crippen molar-refractivity contribution in [2.24, 2.45) is 0 Å². The number of anilines is 1. The van der Waals surface area contributed by atoms with Crippen LogP contribution >= 0.6 is 23.2 Å². The molecule has 0 aliphatic heterocycles. The van der Waals surface area contributed by atoms with Crippen LogP contribution in [-0.2, 0) is 0 Å². The first-order chi connectivity index (χ1) is 10.3. The van der Waals surface area contributed by atoms with Crippen LogP contribution in [0, 0.1) is 0 Å². The van der Waals surface area contributed by atoms with E-state index in [1.54, 1.807) is 0 Å². The third-order valence-electron chi connectivity index (χ3n) is 3.78. The number of carbonyl (C=O) groups excluding carboxylic acids is 1. The molecule has 0 heterocycles. The maximum atomic E-state index is 12.5. The van der Waals surface area contributed by atoms with Crippen molar-refractivity contribution in [3.8, 4) is 11.1 Å². The maximum Gasteiger partial charge on any atom is 0.194 e. The van der Waals surface area contributed by atoms with Crippen molar-refractivity contribution in [2.45, 2.75) is 0 Å². The van der Waals surface area contributed by atoms with Gasteiger partial charge in [-0.25, -0.2) is 0 Å². The molecule has 0 fully saturated rings. The fourth-order valence-corrected chi connectivity index (χ4v) is 3.19. The number of carbonyl (C=O) groups is 1. The zero-order valence-electron chi connectivity index (χ0n) is 11.5. The van der Waals surface area contributed by atoms with E-state index in [2.05, 4.69) is 4.90 Å². The molecule has 0 N–H and O–H groups in total. The molecular weight excluding hydrogens is 305 g/mol. The molecule has 0 saturated heterocycles. The van der Waals surface area contributed by atoms with E-state index >= 15 is 0 Å². The highest BCUT2D eigenvalue weighted by molar-refractivity contribution is 6.22. The third-order valence-corrected chi connectivity index (χ3v) is 4.12. The van der Waals surface area contributed by atoms with E-state index in [0.29, 0.717) is 24.8 Å². The first kappa shape index (κ1) is 14.4. The predicted octanol–water partition coefficient (Wildman–Crippen LogP) is 4.18. The average Bonchev–Trinajstić information content (AvgIpc) is 2.80. The Labute approximate surface area is 134 Å². The molecule has 21 heavy (non-hydrogen) atoms. The number of rotatable bonds is 5. The fraction of sp³-hybridized carbons (Fsp3) is 0.235. The van der Waals surface area contributed by atoms with Crippen LogP contribution < -0.4 is 4.90 Å². The molecular formula is C17H15Cl2NO. The number of ketones is 1. The lowest BCUT2D eigenvalue weighted by Crippen LogP contribution is -2.27. The molecule has 2 aromatic carbocycles. The molecule has 0 radical (unpaired) electrons. The van der Waals surface area contributed by atoms with Crippen LogP contribution in [-0.4, -0.2) is 30.6 Å². The Bertz CT molecular complexity index is 678. The van der Waals surface area contributed by atoms with E-state index < -0.39 is 0 Å². The quantitative estimate of drug-likeness (QED) is 0.657. The monoisotopic (exact) mass is 319 g/mol. The summed E-state index contributed by atoms with van der Waals surface area (Å²) in [6.45, 7) is 1.43. The Morgan fingerprint density at radius 3 is 2.10 bits per heavy atom. The lowest BCUT2D eigenvalue weighted by atomic mass is 10.1. The summed E-state index contributed by atoms with van der Waals surface area (Å²) < 4.78 is 0. The number of halogens is 2. The van der Waals surface area contributed by atoms with E-state index in [4.69, 9.17) is 23.2 Å². The Morgan fingerprint density at radius 2 is 1.43 bits per heavy atom. The summed E-state index contributed by atoms with van der Waals surface area (Å²) in [4.78, 5) is 14.6. The number of hydrogen-bond acceptors (Lipinski definition) is 2. The molecule has 0 unspecified atom stereocenters. The van der Waals surface area contributed by atoms with Gasteiger partial charge in [-0.05, 0) is 23.3 Å². The van der Waals surface area contributed by atoms with Crippen LogP contribution in [0.3, 0.4) is 0 Å². The van der Waals surface area contributed by atoms with Crippen LogP contribution in [0.15, 0.2) is 42.5 Å². The van der Waals surface area contributed by atoms with Crippen LogP contribution in [0.1, 0.15) is 15.9 Å². The third kappa shape index (κ3) is 2.54. The summed E-state index contributed by atoms with van der Waals surface area (Å²) in [5.74, 6) is 1.16. The lowest BCUT2D eigenvalue weighted by molar-refractivity contribution is 0.104. The Balaban J connectivity index is 2.02. The second-order valence-electron chi connectivity index (χ2n) is 4.97. The largest absolute Gasteiger partial charge is 0.369 e. The van der Waals surface area contributed by atoms with Gasteiger partial charge in [0.15, 0.2) is 5.78 Å². The van der Waals surface area contributed by atoms with Gasteiger partial charge in [-0.2, -0.15) is 0 Å². The second-order valence-corrected chi connectivity index (χ2v) is 5.73. The van der Waals surface area contributed by atoms with Crippen molar-refractivity contribution in [1.29, 1.82) is 0 Å². The van der Waals surface area contributed by atoms with Gasteiger partial charge in [0.1, 0.15) is 0 Å². The molecule has 1 aliphatic carbocycles. The topological polar surface area (TPSA) is 20.3 Å². The van der Waals surface area contributed by atoms with Gasteiger partial charge >= 0.3 is 0 Å². The highest BCUT2D eigenvalue weighted by Crippen LogP contribution is 2.38. The van der Waals surface area contributed by atoms with Crippen LogP contribution in [0.25, 0.3) is 11.1 Å². The number of hydrogen-bond donors (Lipinski definition) is 0. The average molecular weight is 320 g/mol. The number of benzene rings is 2. The van der Waals surface area contributed by atoms with Crippen molar-refractivity contribution >= 4 is 34.7 Å². The van der Waals surface area contributed by atoms with Gasteiger partial charge in [0, 0.05) is 41.7 Å². The highest BCUT2D eigenvalue weighted by Gasteiger charge is 2.26. The van der Waals surface area contributed by atoms with Gasteiger partial charge in [0.25, 0.3) is 0 Å². The number of alkyl halides is 2. The van der Waals surface area contributed by atoms with E-state index in [0.717, 1.165) is 27.9 Å². The van der Waals surface area contributed by atoms with Crippen molar-refractivity contribution in [3.63, 3.8) is 0 Å². The van der Waals surface area contributed by atoms with E-state index in [-0.39, 0.29) is 5.78 Å². The van der Waals surface area contributed by atoms with Crippen molar-refractivity contribution in [3.05, 3.63) is 53.6 Å². The van der Waals surface area contributed by atoms with Gasteiger partial charge < -0.3 is 4.90 Å². The molecule has 0 aromatic heterocycles. The first-order valence-corrected chi connectivity index (χ1v) is 7.98. The van der Waals surface area contributed by atoms with Crippen molar-refractivity contribution in [2.75, 3.05) is 29.7 Å². The van der Waals surface area contributed by atoms with E-state index in [9.17, 15) is 4.79 Å². The molecule has 108 valence electrons. The maximum absolute atomic E-state index is 12.5. The summed E-state index contributed by atoms with van der Waals surface area (Å²) >= 11 is 11.7. The lowest BCUT2D eigenvalue weighted by Gasteiger charge is -2.23. The minimum atomic E-state index is 0.0964. The van der Waals surface area contributed by atoms with Crippen LogP contribution in [0.4, 0.5) is 5.69 Å². The van der Waals surface area contributed by atoms with Gasteiger partial charge in [0.05, 0.1) is 0 Å². The highest BCUT2D eigenvalue weighted by atomic mass is 35.5. The molecule has 1 aliphatic rings. The Hall–Kier alpha value is -1.51. The SMILES string of the molecule is O=C1c2ccccc2-c2ccc(N(CCCl)CCCl)cc21. The fourth-order valence-electron chi connectivity index (χ4n) is 2.79. The summed E-state index contributed by atoms with van der Waals surface area (Å²) in [5, 5.41) is 0. The first-order valence-electron chi connectivity index (χ1n) is 6.91. The van der Waals surface area contributed by atoms with Crippen molar-refractivity contribution < 1.29 is 4.79 Å². The van der Waals surface area contributed by atoms with Crippen LogP contribution in [0.5, 0.6) is 0 Å². The summed E-state index contributed by atoms with van der Waals surface area (Å²) in [6, 6.07) is 13.7. The zero-order valence-corrected chi connectivity index (χ0v) is 13.0. The normalized spacial score (nSPS) is 12.2. The molecule has 4 heteroatoms. The Kier molecular flexibility index (Phi) is 4.18. The van der Waals surface area contributed by atoms with Gasteiger partial charge in [-0.15, -0.1) is 23.2 Å². The molecule has 0 amide bonds. The number of nitrogens with zero attached hydrogens (tertiary/aromatic N) is 1. The minimum absolute atomic E-state index is 0.0964. The predicted molar refractivity (Wildman–Crippen MR) is 89.0 cm³/mol. The molecule has 2 aromatic rings. The summed E-state index contributed by atoms with van der Waals surface area (Å²) in [6.07, 6.45) is 0. The van der Waals surface area contributed by atoms with Gasteiger partial charge in [-0.1, -0.05) is 30.3 Å². The van der Waals surface area contributed by atoms with E-state index in [1.807, 2.05) is 42.5 Å². The smallest absolute Gasteiger partial charge is 0.194 e. The zero-order chi connectivity index (χ0) is 14.8. The summed E-state index contributed by atoms with van der Waals surface area (Å²) in [5.41, 5.74) is 4.58. The minimum Gasteiger partial charge on any atom is -0.369 e. The standard InChI is InChI=1S/C17H15Cl2NO/c18-7-9-20(10-8-19)12-5-6-14-13-3-1-2-4-15(13)17(21)16(14)11-12/h1-6,11H,7-10H2. The van der Waals surface area contributed by atoms with Crippen molar-refractivity contribution in [1.82, 2.24) is 0 Å². The number of fused-ring (bicyclic) bond motifs is 3. The molecule has 2 nitrogen and oxygen atoms in total. The van der Waals surface area contributed by atoms with Crippen LogP contribution in [0.2, 0.25) is 0 Å².